The Hall–Kier alpha value is -1.88. The summed E-state index contributed by atoms with van der Waals surface area (Å²) in [5.74, 6) is 0.0637. The highest BCUT2D eigenvalue weighted by atomic mass is 16.2. The molecule has 5 heteroatoms. The summed E-state index contributed by atoms with van der Waals surface area (Å²) in [5, 5.41) is 6.03. The van der Waals surface area contributed by atoms with Gasteiger partial charge in [-0.15, -0.1) is 0 Å². The van der Waals surface area contributed by atoms with Crippen LogP contribution in [0.4, 0.5) is 0 Å². The summed E-state index contributed by atoms with van der Waals surface area (Å²) in [6.45, 7) is 5.69. The molecule has 3 heterocycles. The van der Waals surface area contributed by atoms with Gasteiger partial charge in [0, 0.05) is 29.9 Å². The van der Waals surface area contributed by atoms with E-state index in [2.05, 4.69) is 27.7 Å². The van der Waals surface area contributed by atoms with Crippen molar-refractivity contribution < 1.29 is 9.59 Å². The summed E-state index contributed by atoms with van der Waals surface area (Å²) >= 11 is 0. The van der Waals surface area contributed by atoms with Gasteiger partial charge in [-0.2, -0.15) is 0 Å². The predicted octanol–water partition coefficient (Wildman–Crippen LogP) is 1.98. The van der Waals surface area contributed by atoms with Crippen LogP contribution in [0.5, 0.6) is 0 Å². The van der Waals surface area contributed by atoms with Crippen LogP contribution in [0, 0.1) is 0 Å². The summed E-state index contributed by atoms with van der Waals surface area (Å²) in [6.07, 6.45) is 11.3. The van der Waals surface area contributed by atoms with Gasteiger partial charge in [0.2, 0.25) is 5.91 Å². The van der Waals surface area contributed by atoms with Crippen molar-refractivity contribution in [2.75, 3.05) is 13.1 Å². The molecule has 1 saturated heterocycles. The first-order valence-corrected chi connectivity index (χ1v) is 8.47. The van der Waals surface area contributed by atoms with Crippen molar-refractivity contribution >= 4 is 11.8 Å². The van der Waals surface area contributed by atoms with Gasteiger partial charge in [0.25, 0.3) is 5.91 Å². The SMILES string of the molecule is CC1=C/C(=C/CCCN2CCCCC23C=C(C)C(=O)N3)NC1=O. The Morgan fingerprint density at radius 3 is 2.70 bits per heavy atom. The van der Waals surface area contributed by atoms with Crippen molar-refractivity contribution in [1.82, 2.24) is 15.5 Å². The maximum Gasteiger partial charge on any atom is 0.251 e. The van der Waals surface area contributed by atoms with Crippen molar-refractivity contribution in [2.24, 2.45) is 0 Å². The smallest absolute Gasteiger partial charge is 0.251 e. The third-order valence-electron chi connectivity index (χ3n) is 4.93. The van der Waals surface area contributed by atoms with Crippen LogP contribution in [0.2, 0.25) is 0 Å². The topological polar surface area (TPSA) is 61.4 Å². The van der Waals surface area contributed by atoms with Crippen LogP contribution in [0.25, 0.3) is 0 Å². The second-order valence-electron chi connectivity index (χ2n) is 6.73. The number of carbonyl (C=O) groups is 2. The molecular formula is C18H25N3O2. The van der Waals surface area contributed by atoms with Crippen LogP contribution in [-0.4, -0.2) is 35.5 Å². The van der Waals surface area contributed by atoms with E-state index in [4.69, 9.17) is 0 Å². The lowest BCUT2D eigenvalue weighted by Crippen LogP contribution is -2.58. The first kappa shape index (κ1) is 16.0. The molecule has 1 unspecified atom stereocenters. The van der Waals surface area contributed by atoms with Gasteiger partial charge < -0.3 is 10.6 Å². The minimum atomic E-state index is -0.259. The lowest BCUT2D eigenvalue weighted by Gasteiger charge is -2.43. The molecule has 5 nitrogen and oxygen atoms in total. The Morgan fingerprint density at radius 1 is 1.22 bits per heavy atom. The number of amides is 2. The molecule has 0 aromatic carbocycles. The van der Waals surface area contributed by atoms with E-state index in [1.165, 1.54) is 6.42 Å². The number of allylic oxidation sites excluding steroid dienone is 2. The van der Waals surface area contributed by atoms with Crippen LogP contribution < -0.4 is 10.6 Å². The van der Waals surface area contributed by atoms with Gasteiger partial charge in [-0.25, -0.2) is 0 Å². The number of likely N-dealkylation sites (tertiary alicyclic amines) is 1. The van der Waals surface area contributed by atoms with Crippen LogP contribution in [0.3, 0.4) is 0 Å². The first-order valence-electron chi connectivity index (χ1n) is 8.47. The van der Waals surface area contributed by atoms with E-state index in [0.717, 1.165) is 55.6 Å². The van der Waals surface area contributed by atoms with Crippen LogP contribution in [-0.2, 0) is 9.59 Å². The fourth-order valence-corrected chi connectivity index (χ4v) is 3.64. The largest absolute Gasteiger partial charge is 0.331 e. The van der Waals surface area contributed by atoms with Crippen LogP contribution in [0.15, 0.2) is 35.1 Å². The third kappa shape index (κ3) is 3.24. The van der Waals surface area contributed by atoms with Gasteiger partial charge in [0.05, 0.1) is 0 Å². The van der Waals surface area contributed by atoms with E-state index in [-0.39, 0.29) is 17.5 Å². The van der Waals surface area contributed by atoms with E-state index in [1.807, 2.05) is 19.9 Å². The lowest BCUT2D eigenvalue weighted by molar-refractivity contribution is -0.120. The lowest BCUT2D eigenvalue weighted by atomic mass is 9.95. The van der Waals surface area contributed by atoms with E-state index >= 15 is 0 Å². The second-order valence-corrected chi connectivity index (χ2v) is 6.73. The minimum absolute atomic E-state index is 0.000476. The quantitative estimate of drug-likeness (QED) is 0.780. The number of nitrogens with one attached hydrogen (secondary N) is 2. The van der Waals surface area contributed by atoms with Crippen molar-refractivity contribution in [3.8, 4) is 0 Å². The normalized spacial score (nSPS) is 29.7. The number of rotatable bonds is 4. The molecule has 3 aliphatic rings. The molecule has 2 N–H and O–H groups in total. The molecule has 23 heavy (non-hydrogen) atoms. The number of hydrogen-bond donors (Lipinski definition) is 2. The average Bonchev–Trinajstić information content (AvgIpc) is 2.97. The third-order valence-corrected chi connectivity index (χ3v) is 4.93. The number of hydrogen-bond acceptors (Lipinski definition) is 3. The molecule has 0 aromatic rings. The molecule has 1 spiro atoms. The van der Waals surface area contributed by atoms with Gasteiger partial charge in [-0.1, -0.05) is 6.08 Å². The Balaban J connectivity index is 1.56. The number of piperidine rings is 1. The van der Waals surface area contributed by atoms with Gasteiger partial charge >= 0.3 is 0 Å². The molecule has 2 amide bonds. The van der Waals surface area contributed by atoms with E-state index in [0.29, 0.717) is 0 Å². The summed E-state index contributed by atoms with van der Waals surface area (Å²) in [5.41, 5.74) is 2.24. The Labute approximate surface area is 137 Å². The molecular weight excluding hydrogens is 290 g/mol. The predicted molar refractivity (Wildman–Crippen MR) is 89.3 cm³/mol. The fraction of sp³-hybridized carbons (Fsp3) is 0.556. The molecule has 124 valence electrons. The molecule has 1 atom stereocenters. The van der Waals surface area contributed by atoms with Gasteiger partial charge in [-0.3, -0.25) is 14.5 Å². The summed E-state index contributed by atoms with van der Waals surface area (Å²) < 4.78 is 0. The zero-order valence-corrected chi connectivity index (χ0v) is 13.9. The Morgan fingerprint density at radius 2 is 2.04 bits per heavy atom. The van der Waals surface area contributed by atoms with Gasteiger partial charge in [0.1, 0.15) is 5.66 Å². The van der Waals surface area contributed by atoms with E-state index in [9.17, 15) is 9.59 Å². The zero-order chi connectivity index (χ0) is 16.4. The first-order chi connectivity index (χ1) is 11.0. The number of carbonyl (C=O) groups excluding carboxylic acids is 2. The highest BCUT2D eigenvalue weighted by molar-refractivity contribution is 5.98. The molecule has 0 aromatic heterocycles. The van der Waals surface area contributed by atoms with Crippen LogP contribution >= 0.6 is 0 Å². The van der Waals surface area contributed by atoms with Gasteiger partial charge in [-0.05, 0) is 58.1 Å². The minimum Gasteiger partial charge on any atom is -0.331 e. The molecule has 3 aliphatic heterocycles. The van der Waals surface area contributed by atoms with E-state index in [1.54, 1.807) is 0 Å². The van der Waals surface area contributed by atoms with Gasteiger partial charge in [0.15, 0.2) is 0 Å². The monoisotopic (exact) mass is 315 g/mol. The maximum atomic E-state index is 11.9. The summed E-state index contributed by atoms with van der Waals surface area (Å²) in [7, 11) is 0. The number of unbranched alkanes of at least 4 members (excludes halogenated alkanes) is 1. The highest BCUT2D eigenvalue weighted by Gasteiger charge is 2.42. The second kappa shape index (κ2) is 6.32. The van der Waals surface area contributed by atoms with Crippen molar-refractivity contribution in [1.29, 1.82) is 0 Å². The molecule has 0 bridgehead atoms. The summed E-state index contributed by atoms with van der Waals surface area (Å²) in [6, 6.07) is 0. The molecule has 3 rings (SSSR count). The van der Waals surface area contributed by atoms with Crippen molar-refractivity contribution in [3.63, 3.8) is 0 Å². The van der Waals surface area contributed by atoms with Crippen molar-refractivity contribution in [3.05, 3.63) is 35.1 Å². The molecule has 0 aliphatic carbocycles. The summed E-state index contributed by atoms with van der Waals surface area (Å²) in [4.78, 5) is 25.7. The average molecular weight is 315 g/mol. The molecule has 1 fully saturated rings. The highest BCUT2D eigenvalue weighted by Crippen LogP contribution is 2.32. The maximum absolute atomic E-state index is 11.9. The number of nitrogens with zero attached hydrogens (tertiary/aromatic N) is 1. The molecule has 0 radical (unpaired) electrons. The Bertz CT molecular complexity index is 618. The Kier molecular flexibility index (Phi) is 4.39. The van der Waals surface area contributed by atoms with Crippen LogP contribution in [0.1, 0.15) is 46.0 Å². The van der Waals surface area contributed by atoms with E-state index < -0.39 is 0 Å². The van der Waals surface area contributed by atoms with Crippen molar-refractivity contribution in [2.45, 2.75) is 51.6 Å². The zero-order valence-electron chi connectivity index (χ0n) is 13.9. The fourth-order valence-electron chi connectivity index (χ4n) is 3.64. The molecule has 0 saturated carbocycles. The standard InChI is InChI=1S/C18H25N3O2/c1-13-11-15(19-16(13)22)7-3-5-9-21-10-6-4-8-18(21)12-14(2)17(23)20-18/h7,11-12H,3-6,8-10H2,1-2H3,(H,19,22)(H,20,23)/b15-7-.